The predicted octanol–water partition coefficient (Wildman–Crippen LogP) is 2.56. The van der Waals surface area contributed by atoms with Crippen LogP contribution in [-0.2, 0) is 20.9 Å². The van der Waals surface area contributed by atoms with E-state index in [9.17, 15) is 9.59 Å². The summed E-state index contributed by atoms with van der Waals surface area (Å²) < 4.78 is 11.7. The summed E-state index contributed by atoms with van der Waals surface area (Å²) >= 11 is 0. The average Bonchev–Trinajstić information content (AvgIpc) is 3.59. The molecule has 0 aromatic heterocycles. The van der Waals surface area contributed by atoms with Crippen molar-refractivity contribution in [2.24, 2.45) is 0 Å². The van der Waals surface area contributed by atoms with Gasteiger partial charge in [-0.25, -0.2) is 0 Å². The number of carbonyl (C=O) groups excluding carboxylic acids is 2. The third kappa shape index (κ3) is 5.26. The molecule has 180 valence electrons. The van der Waals surface area contributed by atoms with Gasteiger partial charge >= 0.3 is 0 Å². The zero-order valence-corrected chi connectivity index (χ0v) is 19.7. The van der Waals surface area contributed by atoms with Crippen molar-refractivity contribution in [3.8, 4) is 5.75 Å². The maximum atomic E-state index is 13.2. The molecule has 1 aliphatic carbocycles. The SMILES string of the molecule is CC1(CNC(=O)C2COc3ccccc32)CN(CC(=O)N(Cc2ccccc2)C2CC2)CCO1. The van der Waals surface area contributed by atoms with Crippen molar-refractivity contribution in [3.63, 3.8) is 0 Å². The summed E-state index contributed by atoms with van der Waals surface area (Å²) in [4.78, 5) is 30.3. The number of amides is 2. The molecule has 2 aromatic carbocycles. The molecule has 2 heterocycles. The van der Waals surface area contributed by atoms with Crippen LogP contribution < -0.4 is 10.1 Å². The molecule has 1 saturated heterocycles. The highest BCUT2D eigenvalue weighted by molar-refractivity contribution is 5.85. The fourth-order valence-electron chi connectivity index (χ4n) is 4.91. The maximum Gasteiger partial charge on any atom is 0.237 e. The van der Waals surface area contributed by atoms with Crippen LogP contribution >= 0.6 is 0 Å². The normalized spacial score (nSPS) is 24.2. The van der Waals surface area contributed by atoms with Crippen LogP contribution in [0.2, 0.25) is 0 Å². The predicted molar refractivity (Wildman–Crippen MR) is 128 cm³/mol. The Bertz CT molecular complexity index is 1030. The first-order valence-corrected chi connectivity index (χ1v) is 12.2. The van der Waals surface area contributed by atoms with Crippen molar-refractivity contribution >= 4 is 11.8 Å². The van der Waals surface area contributed by atoms with Crippen molar-refractivity contribution < 1.29 is 19.1 Å². The van der Waals surface area contributed by atoms with Gasteiger partial charge in [-0.3, -0.25) is 14.5 Å². The number of hydrogen-bond acceptors (Lipinski definition) is 5. The molecular weight excluding hydrogens is 430 g/mol. The van der Waals surface area contributed by atoms with Crippen LogP contribution in [-0.4, -0.2) is 72.6 Å². The number of ether oxygens (including phenoxy) is 2. The van der Waals surface area contributed by atoms with Crippen molar-refractivity contribution in [2.75, 3.05) is 39.4 Å². The molecule has 2 aromatic rings. The summed E-state index contributed by atoms with van der Waals surface area (Å²) in [6, 6.07) is 18.2. The molecule has 2 atom stereocenters. The molecule has 2 fully saturated rings. The van der Waals surface area contributed by atoms with Gasteiger partial charge in [-0.05, 0) is 31.4 Å². The van der Waals surface area contributed by atoms with E-state index in [2.05, 4.69) is 22.3 Å². The van der Waals surface area contributed by atoms with Gasteiger partial charge in [-0.2, -0.15) is 0 Å². The lowest BCUT2D eigenvalue weighted by Gasteiger charge is -2.41. The van der Waals surface area contributed by atoms with Crippen molar-refractivity contribution in [1.29, 1.82) is 0 Å². The Kier molecular flexibility index (Phi) is 6.57. The number of rotatable bonds is 8. The van der Waals surface area contributed by atoms with E-state index in [4.69, 9.17) is 9.47 Å². The van der Waals surface area contributed by atoms with Gasteiger partial charge in [-0.1, -0.05) is 48.5 Å². The number of benzene rings is 2. The van der Waals surface area contributed by atoms with E-state index in [1.807, 2.05) is 54.3 Å². The summed E-state index contributed by atoms with van der Waals surface area (Å²) in [6.45, 7) is 5.65. The van der Waals surface area contributed by atoms with E-state index in [1.54, 1.807) is 0 Å². The number of fused-ring (bicyclic) bond motifs is 1. The lowest BCUT2D eigenvalue weighted by Crippen LogP contribution is -2.57. The van der Waals surface area contributed by atoms with Gasteiger partial charge in [0.2, 0.25) is 11.8 Å². The Morgan fingerprint density at radius 3 is 2.68 bits per heavy atom. The first-order valence-electron chi connectivity index (χ1n) is 12.2. The second-order valence-electron chi connectivity index (χ2n) is 9.87. The van der Waals surface area contributed by atoms with Crippen LogP contribution in [0.5, 0.6) is 5.75 Å². The number of para-hydroxylation sites is 1. The van der Waals surface area contributed by atoms with Gasteiger partial charge in [0.05, 0.1) is 18.8 Å². The molecule has 1 saturated carbocycles. The molecule has 0 spiro atoms. The monoisotopic (exact) mass is 463 g/mol. The van der Waals surface area contributed by atoms with Gasteiger partial charge in [0.1, 0.15) is 18.3 Å². The molecule has 34 heavy (non-hydrogen) atoms. The van der Waals surface area contributed by atoms with E-state index in [1.165, 1.54) is 0 Å². The molecule has 5 rings (SSSR count). The summed E-state index contributed by atoms with van der Waals surface area (Å²) in [5.41, 5.74) is 1.55. The number of nitrogens with one attached hydrogen (secondary N) is 1. The molecule has 7 heteroatoms. The molecule has 0 radical (unpaired) electrons. The molecule has 0 bridgehead atoms. The Hall–Kier alpha value is -2.90. The highest BCUT2D eigenvalue weighted by Gasteiger charge is 2.38. The number of hydrogen-bond donors (Lipinski definition) is 1. The van der Waals surface area contributed by atoms with Crippen molar-refractivity contribution in [2.45, 2.75) is 43.9 Å². The molecular formula is C27H33N3O4. The molecule has 2 aliphatic heterocycles. The zero-order valence-electron chi connectivity index (χ0n) is 19.7. The average molecular weight is 464 g/mol. The minimum atomic E-state index is -0.545. The van der Waals surface area contributed by atoms with E-state index < -0.39 is 5.60 Å². The van der Waals surface area contributed by atoms with Crippen molar-refractivity contribution in [1.82, 2.24) is 15.1 Å². The largest absolute Gasteiger partial charge is 0.492 e. The van der Waals surface area contributed by atoms with Crippen LogP contribution in [0.15, 0.2) is 54.6 Å². The first-order chi connectivity index (χ1) is 16.5. The fraction of sp³-hybridized carbons (Fsp3) is 0.481. The molecule has 2 unspecified atom stereocenters. The minimum Gasteiger partial charge on any atom is -0.492 e. The van der Waals surface area contributed by atoms with Crippen molar-refractivity contribution in [3.05, 3.63) is 65.7 Å². The van der Waals surface area contributed by atoms with Crippen LogP contribution in [0.3, 0.4) is 0 Å². The first kappa shape index (κ1) is 22.9. The molecule has 2 amide bonds. The second kappa shape index (κ2) is 9.76. The summed E-state index contributed by atoms with van der Waals surface area (Å²) in [6.07, 6.45) is 2.17. The van der Waals surface area contributed by atoms with Gasteiger partial charge in [0.15, 0.2) is 0 Å². The Morgan fingerprint density at radius 1 is 1.12 bits per heavy atom. The molecule has 3 aliphatic rings. The summed E-state index contributed by atoms with van der Waals surface area (Å²) in [5, 5.41) is 3.07. The highest BCUT2D eigenvalue weighted by Crippen LogP contribution is 2.33. The Morgan fingerprint density at radius 2 is 1.88 bits per heavy atom. The Labute approximate surface area is 201 Å². The number of carbonyl (C=O) groups is 2. The highest BCUT2D eigenvalue weighted by atomic mass is 16.5. The lowest BCUT2D eigenvalue weighted by molar-refractivity contribution is -0.140. The van der Waals surface area contributed by atoms with Crippen LogP contribution in [0.4, 0.5) is 0 Å². The fourth-order valence-corrected chi connectivity index (χ4v) is 4.91. The number of morpholine rings is 1. The van der Waals surface area contributed by atoms with Crippen LogP contribution in [0, 0.1) is 0 Å². The van der Waals surface area contributed by atoms with E-state index >= 15 is 0 Å². The number of nitrogens with zero attached hydrogens (tertiary/aromatic N) is 2. The third-order valence-corrected chi connectivity index (χ3v) is 6.93. The smallest absolute Gasteiger partial charge is 0.237 e. The third-order valence-electron chi connectivity index (χ3n) is 6.93. The van der Waals surface area contributed by atoms with Gasteiger partial charge < -0.3 is 19.7 Å². The summed E-state index contributed by atoms with van der Waals surface area (Å²) in [7, 11) is 0. The van der Waals surface area contributed by atoms with Gasteiger partial charge in [-0.15, -0.1) is 0 Å². The standard InChI is InChI=1S/C27H33N3O4/c1-27(18-28-26(32)23-17-33-24-10-6-5-9-22(23)24)19-29(13-14-34-27)16-25(31)30(21-11-12-21)15-20-7-3-2-4-8-20/h2-10,21,23H,11-19H2,1H3,(H,28,32). The molecule has 7 nitrogen and oxygen atoms in total. The van der Waals surface area contributed by atoms with E-state index in [0.717, 1.165) is 29.7 Å². The second-order valence-corrected chi connectivity index (χ2v) is 9.87. The van der Waals surface area contributed by atoms with Gasteiger partial charge in [0, 0.05) is 37.8 Å². The van der Waals surface area contributed by atoms with E-state index in [0.29, 0.717) is 52.0 Å². The van der Waals surface area contributed by atoms with Gasteiger partial charge in [0.25, 0.3) is 0 Å². The quantitative estimate of drug-likeness (QED) is 0.652. The Balaban J connectivity index is 1.15. The maximum absolute atomic E-state index is 13.2. The molecule has 1 N–H and O–H groups in total. The van der Waals surface area contributed by atoms with E-state index in [-0.39, 0.29) is 17.7 Å². The zero-order chi connectivity index (χ0) is 23.5. The van der Waals surface area contributed by atoms with Crippen LogP contribution in [0.1, 0.15) is 36.8 Å². The topological polar surface area (TPSA) is 71.1 Å². The summed E-state index contributed by atoms with van der Waals surface area (Å²) in [5.74, 6) is 0.597. The lowest BCUT2D eigenvalue weighted by atomic mass is 9.99. The van der Waals surface area contributed by atoms with Crippen LogP contribution in [0.25, 0.3) is 0 Å². The minimum absolute atomic E-state index is 0.0502.